The average Bonchev–Trinajstić information content (AvgIpc) is 3.03. The van der Waals surface area contributed by atoms with Gasteiger partial charge in [-0.3, -0.25) is 5.21 Å². The lowest BCUT2D eigenvalue weighted by molar-refractivity contribution is -0.785. The Labute approximate surface area is 153 Å². The Morgan fingerprint density at radius 2 is 1.54 bits per heavy atom. The molecule has 0 bridgehead atoms. The van der Waals surface area contributed by atoms with Gasteiger partial charge < -0.3 is 23.7 Å². The number of hydrogen-bond acceptors (Lipinski definition) is 6. The molecule has 0 saturated carbocycles. The standard InChI is InChI=1S/C19H26NO6/c1-18(2)23-14-13(11-20(21)10-12-8-6-5-7-9-12)22-17-16(15(14)24-18)25-19(3,4)26-17/h5-9,11,13-17,21H,10H2,1-4H3/q+1. The second-order valence-corrected chi connectivity index (χ2v) is 7.87. The summed E-state index contributed by atoms with van der Waals surface area (Å²) in [6, 6.07) is 9.71. The van der Waals surface area contributed by atoms with Crippen LogP contribution in [-0.2, 0) is 30.2 Å². The van der Waals surface area contributed by atoms with Crippen LogP contribution in [0.15, 0.2) is 30.3 Å². The van der Waals surface area contributed by atoms with E-state index in [2.05, 4.69) is 0 Å². The monoisotopic (exact) mass is 364 g/mol. The first-order chi connectivity index (χ1) is 12.2. The van der Waals surface area contributed by atoms with Crippen LogP contribution in [0.5, 0.6) is 0 Å². The van der Waals surface area contributed by atoms with Gasteiger partial charge >= 0.3 is 0 Å². The predicted octanol–water partition coefficient (Wildman–Crippen LogP) is 2.06. The molecule has 5 unspecified atom stereocenters. The Morgan fingerprint density at radius 3 is 2.27 bits per heavy atom. The fraction of sp³-hybridized carbons (Fsp3) is 0.632. The Kier molecular flexibility index (Phi) is 4.32. The number of rotatable bonds is 3. The quantitative estimate of drug-likeness (QED) is 0.383. The highest BCUT2D eigenvalue weighted by Gasteiger charge is 2.61. The van der Waals surface area contributed by atoms with Crippen LogP contribution >= 0.6 is 0 Å². The highest BCUT2D eigenvalue weighted by Crippen LogP contribution is 2.43. The first-order valence-electron chi connectivity index (χ1n) is 8.94. The largest absolute Gasteiger partial charge is 0.342 e. The summed E-state index contributed by atoms with van der Waals surface area (Å²) in [5.41, 5.74) is 0.988. The van der Waals surface area contributed by atoms with Crippen molar-refractivity contribution >= 4 is 6.21 Å². The lowest BCUT2D eigenvalue weighted by Gasteiger charge is -2.34. The van der Waals surface area contributed by atoms with E-state index in [-0.39, 0.29) is 12.2 Å². The van der Waals surface area contributed by atoms with E-state index in [9.17, 15) is 5.21 Å². The second-order valence-electron chi connectivity index (χ2n) is 7.87. The van der Waals surface area contributed by atoms with Crippen molar-refractivity contribution in [1.29, 1.82) is 0 Å². The summed E-state index contributed by atoms with van der Waals surface area (Å²) in [7, 11) is 0. The van der Waals surface area contributed by atoms with Gasteiger partial charge in [0.2, 0.25) is 12.8 Å². The van der Waals surface area contributed by atoms with Gasteiger partial charge in [-0.05, 0) is 32.4 Å². The van der Waals surface area contributed by atoms with Gasteiger partial charge in [0.05, 0.1) is 0 Å². The minimum Gasteiger partial charge on any atom is -0.342 e. The van der Waals surface area contributed by atoms with Crippen LogP contribution in [0, 0.1) is 0 Å². The van der Waals surface area contributed by atoms with E-state index in [1.54, 1.807) is 6.21 Å². The summed E-state index contributed by atoms with van der Waals surface area (Å²) >= 11 is 0. The minimum atomic E-state index is -0.756. The van der Waals surface area contributed by atoms with E-state index in [1.165, 1.54) is 0 Å². The van der Waals surface area contributed by atoms with Crippen LogP contribution in [0.3, 0.4) is 0 Å². The molecule has 0 aromatic heterocycles. The maximum absolute atomic E-state index is 10.4. The number of nitrogens with zero attached hydrogens (tertiary/aromatic N) is 1. The number of ether oxygens (including phenoxy) is 5. The molecule has 0 radical (unpaired) electrons. The summed E-state index contributed by atoms with van der Waals surface area (Å²) in [5, 5.41) is 10.4. The zero-order valence-corrected chi connectivity index (χ0v) is 15.5. The molecule has 3 saturated heterocycles. The summed E-state index contributed by atoms with van der Waals surface area (Å²) in [6.07, 6.45) is -0.585. The first kappa shape index (κ1) is 17.9. The van der Waals surface area contributed by atoms with E-state index >= 15 is 0 Å². The Morgan fingerprint density at radius 1 is 0.923 bits per heavy atom. The summed E-state index contributed by atoms with van der Waals surface area (Å²) < 4.78 is 31.1. The van der Waals surface area contributed by atoms with Crippen LogP contribution in [0.25, 0.3) is 0 Å². The topological polar surface area (TPSA) is 69.4 Å². The summed E-state index contributed by atoms with van der Waals surface area (Å²) in [4.78, 5) is 0. The minimum absolute atomic E-state index is 0.336. The van der Waals surface area contributed by atoms with Crippen LogP contribution in [0.2, 0.25) is 0 Å². The average molecular weight is 364 g/mol. The molecule has 26 heavy (non-hydrogen) atoms. The third kappa shape index (κ3) is 3.50. The van der Waals surface area contributed by atoms with Gasteiger partial charge in [0.25, 0.3) is 0 Å². The Hall–Kier alpha value is -1.51. The lowest BCUT2D eigenvalue weighted by Crippen LogP contribution is -2.56. The van der Waals surface area contributed by atoms with Gasteiger partial charge in [0.15, 0.2) is 24.0 Å². The molecule has 1 aromatic rings. The van der Waals surface area contributed by atoms with Crippen LogP contribution in [0.1, 0.15) is 33.3 Å². The Balaban J connectivity index is 1.56. The maximum Gasteiger partial charge on any atom is 0.224 e. The van der Waals surface area contributed by atoms with Crippen molar-refractivity contribution in [3.05, 3.63) is 35.9 Å². The van der Waals surface area contributed by atoms with E-state index in [0.717, 1.165) is 10.3 Å². The molecular formula is C19H26NO6+. The normalized spacial score (nSPS) is 38.0. The molecular weight excluding hydrogens is 338 g/mol. The van der Waals surface area contributed by atoms with E-state index in [0.29, 0.717) is 6.54 Å². The van der Waals surface area contributed by atoms with Crippen molar-refractivity contribution in [3.63, 3.8) is 0 Å². The van der Waals surface area contributed by atoms with Crippen molar-refractivity contribution in [2.75, 3.05) is 0 Å². The molecule has 3 fully saturated rings. The van der Waals surface area contributed by atoms with Crippen molar-refractivity contribution in [3.8, 4) is 0 Å². The summed E-state index contributed by atoms with van der Waals surface area (Å²) in [5.74, 6) is -1.51. The fourth-order valence-corrected chi connectivity index (χ4v) is 3.76. The molecule has 142 valence electrons. The van der Waals surface area contributed by atoms with Gasteiger partial charge in [0, 0.05) is 5.56 Å². The maximum atomic E-state index is 10.4. The zero-order valence-electron chi connectivity index (χ0n) is 15.5. The molecule has 4 rings (SSSR count). The van der Waals surface area contributed by atoms with Crippen molar-refractivity contribution in [1.82, 2.24) is 0 Å². The van der Waals surface area contributed by atoms with Gasteiger partial charge in [-0.15, -0.1) is 0 Å². The van der Waals surface area contributed by atoms with Crippen molar-refractivity contribution in [2.45, 2.75) is 76.5 Å². The smallest absolute Gasteiger partial charge is 0.224 e. The highest BCUT2D eigenvalue weighted by molar-refractivity contribution is 5.59. The van der Waals surface area contributed by atoms with Gasteiger partial charge in [0.1, 0.15) is 18.3 Å². The predicted molar refractivity (Wildman–Crippen MR) is 90.8 cm³/mol. The van der Waals surface area contributed by atoms with Crippen LogP contribution in [-0.4, -0.2) is 58.4 Å². The molecule has 1 aromatic carbocycles. The molecule has 3 aliphatic heterocycles. The van der Waals surface area contributed by atoms with Crippen molar-refractivity contribution < 1.29 is 33.6 Å². The highest BCUT2D eigenvalue weighted by atomic mass is 16.9. The molecule has 0 spiro atoms. The number of hydrogen-bond donors (Lipinski definition) is 1. The summed E-state index contributed by atoms with van der Waals surface area (Å²) in [6.45, 7) is 7.76. The van der Waals surface area contributed by atoms with Gasteiger partial charge in [-0.1, -0.05) is 30.3 Å². The lowest BCUT2D eigenvalue weighted by atomic mass is 9.99. The fourth-order valence-electron chi connectivity index (χ4n) is 3.76. The molecule has 0 amide bonds. The number of fused-ring (bicyclic) bond motifs is 3. The number of hydroxylamine groups is 1. The van der Waals surface area contributed by atoms with Crippen LogP contribution in [0.4, 0.5) is 0 Å². The third-order valence-electron chi connectivity index (χ3n) is 4.70. The third-order valence-corrected chi connectivity index (χ3v) is 4.70. The SMILES string of the molecule is CC1(C)OC2OC(C=[N+](O)Cc3ccccc3)C3OC(C)(C)OC3C2O1. The number of benzene rings is 1. The van der Waals surface area contributed by atoms with Crippen molar-refractivity contribution in [2.24, 2.45) is 0 Å². The van der Waals surface area contributed by atoms with E-state index in [4.69, 9.17) is 23.7 Å². The molecule has 3 aliphatic rings. The zero-order chi connectivity index (χ0) is 18.5. The molecule has 5 atom stereocenters. The molecule has 3 heterocycles. The van der Waals surface area contributed by atoms with Crippen LogP contribution < -0.4 is 0 Å². The Bertz CT molecular complexity index is 689. The van der Waals surface area contributed by atoms with Gasteiger partial charge in [-0.2, -0.15) is 0 Å². The molecule has 1 N–H and O–H groups in total. The van der Waals surface area contributed by atoms with Gasteiger partial charge in [-0.25, -0.2) is 0 Å². The second kappa shape index (κ2) is 6.28. The molecule has 7 nitrogen and oxygen atoms in total. The first-order valence-corrected chi connectivity index (χ1v) is 8.94. The van der Waals surface area contributed by atoms with E-state index in [1.807, 2.05) is 58.0 Å². The molecule has 7 heteroatoms. The van der Waals surface area contributed by atoms with E-state index < -0.39 is 30.1 Å². The molecule has 0 aliphatic carbocycles.